The van der Waals surface area contributed by atoms with E-state index in [1.165, 1.54) is 12.1 Å². The first-order valence-corrected chi connectivity index (χ1v) is 6.08. The normalized spacial score (nSPS) is 10.3. The zero-order valence-corrected chi connectivity index (χ0v) is 10.2. The van der Waals surface area contributed by atoms with E-state index >= 15 is 0 Å². The highest BCUT2D eigenvalue weighted by atomic mass is 32.1. The Morgan fingerprint density at radius 2 is 2.06 bits per heavy atom. The van der Waals surface area contributed by atoms with Crippen LogP contribution in [-0.2, 0) is 6.42 Å². The number of halogens is 1. The molecule has 1 aromatic carbocycles. The van der Waals surface area contributed by atoms with Gasteiger partial charge in [0.25, 0.3) is 5.91 Å². The lowest BCUT2D eigenvalue weighted by atomic mass is 10.1. The molecule has 0 aliphatic heterocycles. The fraction of sp³-hybridized carbons (Fsp3) is 0.182. The molecule has 0 saturated heterocycles. The van der Waals surface area contributed by atoms with Gasteiger partial charge < -0.3 is 11.1 Å². The minimum absolute atomic E-state index is 0.242. The summed E-state index contributed by atoms with van der Waals surface area (Å²) in [6, 6.07) is 6.15. The SMILES string of the molecule is Nc1nnc(C(=O)NCCc2ccc(F)cc2)s1. The van der Waals surface area contributed by atoms with Gasteiger partial charge in [0.1, 0.15) is 5.82 Å². The number of anilines is 1. The Bertz CT molecular complexity index is 540. The number of carbonyl (C=O) groups is 1. The van der Waals surface area contributed by atoms with Crippen LogP contribution in [0.2, 0.25) is 0 Å². The van der Waals surface area contributed by atoms with E-state index in [4.69, 9.17) is 5.73 Å². The molecular formula is C11H11FN4OS. The molecule has 0 aliphatic carbocycles. The summed E-state index contributed by atoms with van der Waals surface area (Å²) in [5, 5.41) is 10.4. The van der Waals surface area contributed by atoms with E-state index in [-0.39, 0.29) is 21.9 Å². The molecule has 0 saturated carbocycles. The molecule has 0 unspecified atom stereocenters. The van der Waals surface area contributed by atoms with Crippen molar-refractivity contribution >= 4 is 22.4 Å². The van der Waals surface area contributed by atoms with Crippen molar-refractivity contribution in [2.75, 3.05) is 12.3 Å². The van der Waals surface area contributed by atoms with E-state index in [0.717, 1.165) is 16.9 Å². The van der Waals surface area contributed by atoms with Crippen LogP contribution in [0.3, 0.4) is 0 Å². The number of nitrogens with two attached hydrogens (primary N) is 1. The Hall–Kier alpha value is -2.02. The van der Waals surface area contributed by atoms with Crippen LogP contribution in [0, 0.1) is 5.82 Å². The van der Waals surface area contributed by atoms with Crippen molar-refractivity contribution in [2.24, 2.45) is 0 Å². The van der Waals surface area contributed by atoms with Crippen LogP contribution >= 0.6 is 11.3 Å². The Kier molecular flexibility index (Phi) is 3.83. The number of nitrogens with one attached hydrogen (secondary N) is 1. The maximum absolute atomic E-state index is 12.7. The molecule has 3 N–H and O–H groups in total. The average molecular weight is 266 g/mol. The molecule has 0 aliphatic rings. The number of nitrogen functional groups attached to an aromatic ring is 1. The summed E-state index contributed by atoms with van der Waals surface area (Å²) in [6.45, 7) is 0.448. The number of nitrogens with zero attached hydrogens (tertiary/aromatic N) is 2. The molecule has 2 rings (SSSR count). The molecule has 1 aromatic heterocycles. The van der Waals surface area contributed by atoms with E-state index in [9.17, 15) is 9.18 Å². The number of benzene rings is 1. The lowest BCUT2D eigenvalue weighted by molar-refractivity contribution is 0.0953. The number of carbonyl (C=O) groups excluding carboxylic acids is 1. The van der Waals surface area contributed by atoms with Gasteiger partial charge in [-0.25, -0.2) is 4.39 Å². The summed E-state index contributed by atoms with van der Waals surface area (Å²) < 4.78 is 12.7. The monoisotopic (exact) mass is 266 g/mol. The van der Waals surface area contributed by atoms with Crippen LogP contribution < -0.4 is 11.1 Å². The summed E-state index contributed by atoms with van der Waals surface area (Å²) in [4.78, 5) is 11.6. The third-order valence-electron chi connectivity index (χ3n) is 2.25. The van der Waals surface area contributed by atoms with Crippen LogP contribution in [-0.4, -0.2) is 22.6 Å². The molecule has 2 aromatic rings. The second-order valence-electron chi connectivity index (χ2n) is 3.58. The highest BCUT2D eigenvalue weighted by molar-refractivity contribution is 7.16. The summed E-state index contributed by atoms with van der Waals surface area (Å²) in [6.07, 6.45) is 0.625. The first-order chi connectivity index (χ1) is 8.65. The second kappa shape index (κ2) is 5.54. The van der Waals surface area contributed by atoms with Crippen LogP contribution in [0.4, 0.5) is 9.52 Å². The summed E-state index contributed by atoms with van der Waals surface area (Å²) in [5.41, 5.74) is 6.33. The number of hydrogen-bond donors (Lipinski definition) is 2. The van der Waals surface area contributed by atoms with E-state index in [1.807, 2.05) is 0 Å². The molecule has 1 amide bonds. The maximum Gasteiger partial charge on any atom is 0.282 e. The lowest BCUT2D eigenvalue weighted by Crippen LogP contribution is -2.25. The number of rotatable bonds is 4. The first-order valence-electron chi connectivity index (χ1n) is 5.27. The molecule has 1 heterocycles. The standard InChI is InChI=1S/C11H11FN4OS/c12-8-3-1-7(2-4-8)5-6-14-9(17)10-15-16-11(13)18-10/h1-4H,5-6H2,(H2,13,16)(H,14,17). The van der Waals surface area contributed by atoms with Gasteiger partial charge in [0.15, 0.2) is 0 Å². The zero-order valence-electron chi connectivity index (χ0n) is 9.39. The summed E-state index contributed by atoms with van der Waals surface area (Å²) >= 11 is 1.04. The van der Waals surface area contributed by atoms with Crippen molar-refractivity contribution in [2.45, 2.75) is 6.42 Å². The molecule has 18 heavy (non-hydrogen) atoms. The molecule has 0 bridgehead atoms. The third-order valence-corrected chi connectivity index (χ3v) is 3.00. The van der Waals surface area contributed by atoms with Crippen molar-refractivity contribution in [1.29, 1.82) is 0 Å². The molecule has 0 fully saturated rings. The van der Waals surface area contributed by atoms with Crippen molar-refractivity contribution < 1.29 is 9.18 Å². The molecule has 0 spiro atoms. The highest BCUT2D eigenvalue weighted by Crippen LogP contribution is 2.10. The van der Waals surface area contributed by atoms with Gasteiger partial charge in [0.2, 0.25) is 10.1 Å². The smallest absolute Gasteiger partial charge is 0.282 e. The number of hydrogen-bond acceptors (Lipinski definition) is 5. The largest absolute Gasteiger partial charge is 0.374 e. The van der Waals surface area contributed by atoms with Gasteiger partial charge in [0, 0.05) is 6.54 Å². The van der Waals surface area contributed by atoms with Gasteiger partial charge in [-0.1, -0.05) is 23.5 Å². The van der Waals surface area contributed by atoms with E-state index < -0.39 is 0 Å². The van der Waals surface area contributed by atoms with Crippen molar-refractivity contribution in [3.8, 4) is 0 Å². The number of aromatic nitrogens is 2. The van der Waals surface area contributed by atoms with Crippen molar-refractivity contribution in [3.63, 3.8) is 0 Å². The average Bonchev–Trinajstić information content (AvgIpc) is 2.78. The molecule has 5 nitrogen and oxygen atoms in total. The maximum atomic E-state index is 12.7. The minimum atomic E-state index is -0.300. The second-order valence-corrected chi connectivity index (χ2v) is 4.59. The van der Waals surface area contributed by atoms with Gasteiger partial charge in [-0.2, -0.15) is 0 Å². The molecule has 94 valence electrons. The predicted octanol–water partition coefficient (Wildman–Crippen LogP) is 1.23. The van der Waals surface area contributed by atoms with Gasteiger partial charge in [0.05, 0.1) is 0 Å². The van der Waals surface area contributed by atoms with Crippen LogP contribution in [0.1, 0.15) is 15.4 Å². The fourth-order valence-corrected chi connectivity index (χ4v) is 1.90. The van der Waals surface area contributed by atoms with Crippen molar-refractivity contribution in [1.82, 2.24) is 15.5 Å². The van der Waals surface area contributed by atoms with Gasteiger partial charge in [-0.15, -0.1) is 10.2 Å². The summed E-state index contributed by atoms with van der Waals surface area (Å²) in [7, 11) is 0. The predicted molar refractivity (Wildman–Crippen MR) is 66.8 cm³/mol. The molecule has 0 radical (unpaired) electrons. The van der Waals surface area contributed by atoms with Crippen LogP contribution in [0.15, 0.2) is 24.3 Å². The zero-order chi connectivity index (χ0) is 13.0. The Morgan fingerprint density at radius 3 is 2.67 bits per heavy atom. The van der Waals surface area contributed by atoms with E-state index in [2.05, 4.69) is 15.5 Å². The first kappa shape index (κ1) is 12.4. The van der Waals surface area contributed by atoms with Crippen LogP contribution in [0.25, 0.3) is 0 Å². The van der Waals surface area contributed by atoms with Gasteiger partial charge >= 0.3 is 0 Å². The van der Waals surface area contributed by atoms with E-state index in [0.29, 0.717) is 13.0 Å². The Balaban J connectivity index is 1.82. The Labute approximate surface area is 107 Å². The third kappa shape index (κ3) is 3.24. The van der Waals surface area contributed by atoms with Crippen LogP contribution in [0.5, 0.6) is 0 Å². The number of amides is 1. The minimum Gasteiger partial charge on any atom is -0.374 e. The lowest BCUT2D eigenvalue weighted by Gasteiger charge is -2.02. The Morgan fingerprint density at radius 1 is 1.33 bits per heavy atom. The molecule has 0 atom stereocenters. The van der Waals surface area contributed by atoms with Crippen molar-refractivity contribution in [3.05, 3.63) is 40.7 Å². The van der Waals surface area contributed by atoms with Gasteiger partial charge in [-0.3, -0.25) is 4.79 Å². The quantitative estimate of drug-likeness (QED) is 0.872. The fourth-order valence-electron chi connectivity index (χ4n) is 1.37. The summed E-state index contributed by atoms with van der Waals surface area (Å²) in [5.74, 6) is -0.571. The topological polar surface area (TPSA) is 80.9 Å². The van der Waals surface area contributed by atoms with Gasteiger partial charge in [-0.05, 0) is 24.1 Å². The molecule has 7 heteroatoms. The molecular weight excluding hydrogens is 255 g/mol. The van der Waals surface area contributed by atoms with E-state index in [1.54, 1.807) is 12.1 Å². The highest BCUT2D eigenvalue weighted by Gasteiger charge is 2.10.